The van der Waals surface area contributed by atoms with E-state index in [1.807, 2.05) is 25.1 Å². The van der Waals surface area contributed by atoms with E-state index in [0.29, 0.717) is 5.75 Å². The topological polar surface area (TPSA) is 38.7 Å². The zero-order valence-corrected chi connectivity index (χ0v) is 8.28. The Kier molecular flexibility index (Phi) is 1.57. The molecule has 2 aromatic carbocycles. The molecule has 1 N–H and O–H groups in total. The summed E-state index contributed by atoms with van der Waals surface area (Å²) >= 11 is 0. The van der Waals surface area contributed by atoms with E-state index in [0.717, 1.165) is 22.1 Å². The van der Waals surface area contributed by atoms with Gasteiger partial charge in [0.25, 0.3) is 0 Å². The molecule has 0 amide bonds. The summed E-state index contributed by atoms with van der Waals surface area (Å²) in [5, 5.41) is 11.6. The Labute approximate surface area is 86.9 Å². The van der Waals surface area contributed by atoms with Gasteiger partial charge in [0, 0.05) is 5.39 Å². The molecule has 1 aliphatic rings. The van der Waals surface area contributed by atoms with Crippen LogP contribution in [0.1, 0.15) is 5.56 Å². The fourth-order valence-corrected chi connectivity index (χ4v) is 1.88. The molecular weight excluding hydrogens is 192 g/mol. The molecule has 0 atom stereocenters. The Hall–Kier alpha value is -1.90. The van der Waals surface area contributed by atoms with Crippen molar-refractivity contribution in [3.05, 3.63) is 29.8 Å². The van der Waals surface area contributed by atoms with Crippen LogP contribution in [0.25, 0.3) is 10.8 Å². The monoisotopic (exact) mass is 202 g/mol. The van der Waals surface area contributed by atoms with Crippen molar-refractivity contribution in [2.75, 3.05) is 6.79 Å². The lowest BCUT2D eigenvalue weighted by Crippen LogP contribution is -1.92. The SMILES string of the molecule is Cc1cc(O)c2cc3c(cc2c1)OCO3. The van der Waals surface area contributed by atoms with E-state index < -0.39 is 0 Å². The molecule has 0 saturated carbocycles. The van der Waals surface area contributed by atoms with Crippen molar-refractivity contribution in [3.63, 3.8) is 0 Å². The number of fused-ring (bicyclic) bond motifs is 2. The first-order chi connectivity index (χ1) is 7.24. The summed E-state index contributed by atoms with van der Waals surface area (Å²) in [5.74, 6) is 1.72. The third-order valence-corrected chi connectivity index (χ3v) is 2.57. The molecule has 1 aliphatic heterocycles. The lowest BCUT2D eigenvalue weighted by Gasteiger charge is -2.04. The van der Waals surface area contributed by atoms with Crippen molar-refractivity contribution in [1.29, 1.82) is 0 Å². The van der Waals surface area contributed by atoms with Crippen LogP contribution in [-0.2, 0) is 0 Å². The van der Waals surface area contributed by atoms with E-state index in [4.69, 9.17) is 9.47 Å². The Balaban J connectivity index is 2.38. The molecule has 15 heavy (non-hydrogen) atoms. The first-order valence-corrected chi connectivity index (χ1v) is 4.77. The average Bonchev–Trinajstić information content (AvgIpc) is 2.61. The highest BCUT2D eigenvalue weighted by atomic mass is 16.7. The summed E-state index contributed by atoms with van der Waals surface area (Å²) < 4.78 is 10.5. The molecular formula is C12H10O3. The second-order valence-corrected chi connectivity index (χ2v) is 3.71. The van der Waals surface area contributed by atoms with Gasteiger partial charge in [-0.3, -0.25) is 0 Å². The highest BCUT2D eigenvalue weighted by Gasteiger charge is 2.15. The first kappa shape index (κ1) is 8.41. The second kappa shape index (κ2) is 2.79. The summed E-state index contributed by atoms with van der Waals surface area (Å²) in [6, 6.07) is 7.46. The van der Waals surface area contributed by atoms with Gasteiger partial charge in [0.05, 0.1) is 0 Å². The van der Waals surface area contributed by atoms with Crippen LogP contribution < -0.4 is 9.47 Å². The number of aryl methyl sites for hydroxylation is 1. The minimum Gasteiger partial charge on any atom is -0.507 e. The summed E-state index contributed by atoms with van der Waals surface area (Å²) in [6.45, 7) is 2.20. The van der Waals surface area contributed by atoms with Gasteiger partial charge in [-0.15, -0.1) is 0 Å². The predicted octanol–water partition coefficient (Wildman–Crippen LogP) is 2.58. The van der Waals surface area contributed by atoms with Crippen LogP contribution in [0.2, 0.25) is 0 Å². The number of phenolic OH excluding ortho intramolecular Hbond substituents is 1. The summed E-state index contributed by atoms with van der Waals surface area (Å²) in [7, 11) is 0. The Morgan fingerprint density at radius 3 is 2.60 bits per heavy atom. The Morgan fingerprint density at radius 1 is 1.07 bits per heavy atom. The largest absolute Gasteiger partial charge is 0.507 e. The van der Waals surface area contributed by atoms with Crippen molar-refractivity contribution in [1.82, 2.24) is 0 Å². The maximum absolute atomic E-state index is 9.79. The van der Waals surface area contributed by atoms with Crippen LogP contribution >= 0.6 is 0 Å². The molecule has 1 heterocycles. The predicted molar refractivity (Wildman–Crippen MR) is 56.5 cm³/mol. The van der Waals surface area contributed by atoms with E-state index in [1.165, 1.54) is 0 Å². The van der Waals surface area contributed by atoms with Crippen LogP contribution in [0, 0.1) is 6.92 Å². The zero-order chi connectivity index (χ0) is 10.4. The maximum atomic E-state index is 9.79. The van der Waals surface area contributed by atoms with Gasteiger partial charge in [-0.1, -0.05) is 6.07 Å². The molecule has 0 saturated heterocycles. The zero-order valence-electron chi connectivity index (χ0n) is 8.28. The molecule has 2 aromatic rings. The summed E-state index contributed by atoms with van der Waals surface area (Å²) in [5.41, 5.74) is 1.03. The van der Waals surface area contributed by atoms with Crippen LogP contribution in [0.15, 0.2) is 24.3 Å². The third kappa shape index (κ3) is 1.20. The molecule has 3 nitrogen and oxygen atoms in total. The van der Waals surface area contributed by atoms with E-state index in [-0.39, 0.29) is 12.5 Å². The number of ether oxygens (including phenoxy) is 2. The molecule has 0 radical (unpaired) electrons. The van der Waals surface area contributed by atoms with Gasteiger partial charge in [-0.05, 0) is 36.1 Å². The van der Waals surface area contributed by atoms with Crippen molar-refractivity contribution in [3.8, 4) is 17.2 Å². The minimum atomic E-state index is 0.255. The summed E-state index contributed by atoms with van der Waals surface area (Å²) in [6.07, 6.45) is 0. The van der Waals surface area contributed by atoms with Gasteiger partial charge >= 0.3 is 0 Å². The van der Waals surface area contributed by atoms with Gasteiger partial charge < -0.3 is 14.6 Å². The number of rotatable bonds is 0. The molecule has 0 aromatic heterocycles. The smallest absolute Gasteiger partial charge is 0.231 e. The minimum absolute atomic E-state index is 0.255. The van der Waals surface area contributed by atoms with Crippen LogP contribution in [0.4, 0.5) is 0 Å². The van der Waals surface area contributed by atoms with Crippen molar-refractivity contribution >= 4 is 10.8 Å². The van der Waals surface area contributed by atoms with E-state index in [2.05, 4.69) is 0 Å². The average molecular weight is 202 g/mol. The van der Waals surface area contributed by atoms with Crippen molar-refractivity contribution in [2.24, 2.45) is 0 Å². The fourth-order valence-electron chi connectivity index (χ4n) is 1.88. The highest BCUT2D eigenvalue weighted by molar-refractivity contribution is 5.91. The van der Waals surface area contributed by atoms with E-state index in [9.17, 15) is 5.11 Å². The number of benzene rings is 2. The standard InChI is InChI=1S/C12H10O3/c1-7-2-8-4-11-12(15-6-14-11)5-9(8)10(13)3-7/h2-5,13H,6H2,1H3. The molecule has 0 unspecified atom stereocenters. The number of aromatic hydroxyl groups is 1. The van der Waals surface area contributed by atoms with Gasteiger partial charge in [-0.2, -0.15) is 0 Å². The van der Waals surface area contributed by atoms with Crippen LogP contribution in [-0.4, -0.2) is 11.9 Å². The quantitative estimate of drug-likeness (QED) is 0.713. The third-order valence-electron chi connectivity index (χ3n) is 2.57. The lowest BCUT2D eigenvalue weighted by atomic mass is 10.1. The van der Waals surface area contributed by atoms with Gasteiger partial charge in [-0.25, -0.2) is 0 Å². The van der Waals surface area contributed by atoms with Crippen LogP contribution in [0.5, 0.6) is 17.2 Å². The molecule has 0 aliphatic carbocycles. The molecule has 3 rings (SSSR count). The Bertz CT molecular complexity index is 546. The molecule has 0 bridgehead atoms. The van der Waals surface area contributed by atoms with Crippen molar-refractivity contribution < 1.29 is 14.6 Å². The second-order valence-electron chi connectivity index (χ2n) is 3.71. The number of hydrogen-bond acceptors (Lipinski definition) is 3. The van der Waals surface area contributed by atoms with E-state index >= 15 is 0 Å². The normalized spacial score (nSPS) is 13.4. The Morgan fingerprint density at radius 2 is 1.80 bits per heavy atom. The molecule has 0 spiro atoms. The first-order valence-electron chi connectivity index (χ1n) is 4.77. The lowest BCUT2D eigenvalue weighted by molar-refractivity contribution is 0.174. The van der Waals surface area contributed by atoms with Crippen molar-refractivity contribution in [2.45, 2.75) is 6.92 Å². The van der Waals surface area contributed by atoms with E-state index in [1.54, 1.807) is 6.07 Å². The molecule has 0 fully saturated rings. The molecule has 76 valence electrons. The number of phenols is 1. The fraction of sp³-hybridized carbons (Fsp3) is 0.167. The van der Waals surface area contributed by atoms with Crippen LogP contribution in [0.3, 0.4) is 0 Å². The van der Waals surface area contributed by atoms with Gasteiger partial charge in [0.1, 0.15) is 5.75 Å². The summed E-state index contributed by atoms with van der Waals surface area (Å²) in [4.78, 5) is 0. The van der Waals surface area contributed by atoms with Gasteiger partial charge in [0.15, 0.2) is 11.5 Å². The maximum Gasteiger partial charge on any atom is 0.231 e. The number of hydrogen-bond donors (Lipinski definition) is 1. The highest BCUT2D eigenvalue weighted by Crippen LogP contribution is 2.39. The molecule has 3 heteroatoms. The van der Waals surface area contributed by atoms with Gasteiger partial charge in [0.2, 0.25) is 6.79 Å².